The van der Waals surface area contributed by atoms with Gasteiger partial charge in [0.15, 0.2) is 11.3 Å². The molecule has 1 saturated carbocycles. The van der Waals surface area contributed by atoms with Crippen LogP contribution >= 0.6 is 36.1 Å². The molecular formula is C15H20BrClLiO3P. The van der Waals surface area contributed by atoms with Crippen LogP contribution in [0.1, 0.15) is 42.5 Å². The van der Waals surface area contributed by atoms with Crippen LogP contribution in [0, 0.1) is 0 Å². The molecule has 7 heteroatoms. The average Bonchev–Trinajstić information content (AvgIpc) is 2.47. The van der Waals surface area contributed by atoms with E-state index < -0.39 is 0 Å². The van der Waals surface area contributed by atoms with Gasteiger partial charge >= 0.3 is 18.9 Å². The Morgan fingerprint density at radius 3 is 2.36 bits per heavy atom. The molecule has 2 rings (SSSR count). The number of carbonyl (C=O) groups is 1. The number of methoxy groups -OCH3 is 2. The Labute approximate surface area is 158 Å². The Hall–Kier alpha value is 0.287. The van der Waals surface area contributed by atoms with Gasteiger partial charge in [0.2, 0.25) is 0 Å². The fourth-order valence-corrected chi connectivity index (χ4v) is 5.13. The summed E-state index contributed by atoms with van der Waals surface area (Å²) < 4.78 is 11.4. The molecule has 1 aromatic rings. The minimum absolute atomic E-state index is 0. The van der Waals surface area contributed by atoms with Crippen LogP contribution < -0.4 is 9.47 Å². The molecule has 0 N–H and O–H groups in total. The predicted molar refractivity (Wildman–Crippen MR) is 98.9 cm³/mol. The van der Waals surface area contributed by atoms with Gasteiger partial charge in [0.25, 0.3) is 0 Å². The summed E-state index contributed by atoms with van der Waals surface area (Å²) in [5, 5.41) is 0.418. The van der Waals surface area contributed by atoms with Crippen molar-refractivity contribution in [1.82, 2.24) is 0 Å². The normalized spacial score (nSPS) is 15.6. The minimum atomic E-state index is 0. The van der Waals surface area contributed by atoms with Gasteiger partial charge < -0.3 is 9.47 Å². The third kappa shape index (κ3) is 4.65. The van der Waals surface area contributed by atoms with Crippen LogP contribution in [0.2, 0.25) is 5.02 Å². The first-order chi connectivity index (χ1) is 10.1. The zero-order valence-corrected chi connectivity index (χ0v) is 15.5. The van der Waals surface area contributed by atoms with E-state index >= 15 is 0 Å². The second-order valence-corrected chi connectivity index (χ2v) is 7.91. The zero-order chi connectivity index (χ0) is 15.4. The summed E-state index contributed by atoms with van der Waals surface area (Å²) >= 11 is 9.59. The SMILES string of the molecule is COc1c(Cl)cc(Br)c(OC)c1C(=O)PC1CCCCC1.[LiH]. The first-order valence-corrected chi connectivity index (χ1v) is 9.24. The van der Waals surface area contributed by atoms with Gasteiger partial charge in [0.1, 0.15) is 11.3 Å². The summed E-state index contributed by atoms with van der Waals surface area (Å²) in [7, 11) is 3.32. The maximum atomic E-state index is 12.7. The van der Waals surface area contributed by atoms with Gasteiger partial charge in [-0.15, -0.1) is 0 Å². The molecule has 22 heavy (non-hydrogen) atoms. The molecule has 0 heterocycles. The second kappa shape index (κ2) is 9.55. The number of carbonyl (C=O) groups excluding carboxylic acids is 1. The molecule has 118 valence electrons. The van der Waals surface area contributed by atoms with Crippen molar-refractivity contribution in [2.24, 2.45) is 0 Å². The predicted octanol–water partition coefficient (Wildman–Crippen LogP) is 4.62. The molecule has 0 radical (unpaired) electrons. The molecule has 1 atom stereocenters. The molecule has 0 aromatic heterocycles. The van der Waals surface area contributed by atoms with Crippen molar-refractivity contribution in [3.63, 3.8) is 0 Å². The average molecular weight is 402 g/mol. The van der Waals surface area contributed by atoms with Crippen LogP contribution in [-0.2, 0) is 0 Å². The van der Waals surface area contributed by atoms with Crippen molar-refractivity contribution in [3.05, 3.63) is 21.1 Å². The van der Waals surface area contributed by atoms with Crippen molar-refractivity contribution in [2.75, 3.05) is 14.2 Å². The molecule has 1 aromatic carbocycles. The molecule has 0 amide bonds. The first kappa shape index (κ1) is 20.3. The van der Waals surface area contributed by atoms with Crippen molar-refractivity contribution in [1.29, 1.82) is 0 Å². The summed E-state index contributed by atoms with van der Waals surface area (Å²) in [5.41, 5.74) is 1.01. The van der Waals surface area contributed by atoms with Gasteiger partial charge in [-0.3, -0.25) is 4.79 Å². The van der Waals surface area contributed by atoms with Crippen LogP contribution in [0.3, 0.4) is 0 Å². The number of benzene rings is 1. The van der Waals surface area contributed by atoms with Crippen molar-refractivity contribution in [2.45, 2.75) is 37.8 Å². The van der Waals surface area contributed by atoms with E-state index in [2.05, 4.69) is 15.9 Å². The van der Waals surface area contributed by atoms with E-state index in [1.165, 1.54) is 26.4 Å². The summed E-state index contributed by atoms with van der Waals surface area (Å²) in [6.07, 6.45) is 5.99. The molecule has 0 saturated heterocycles. The molecule has 3 nitrogen and oxygen atoms in total. The third-order valence-corrected chi connectivity index (χ3v) is 6.08. The molecule has 1 fully saturated rings. The Morgan fingerprint density at radius 2 is 1.82 bits per heavy atom. The van der Waals surface area contributed by atoms with Crippen molar-refractivity contribution in [3.8, 4) is 11.5 Å². The quantitative estimate of drug-likeness (QED) is 0.533. The number of rotatable bonds is 5. The van der Waals surface area contributed by atoms with Crippen LogP contribution in [0.5, 0.6) is 11.5 Å². The van der Waals surface area contributed by atoms with E-state index in [4.69, 9.17) is 21.1 Å². The molecule has 0 bridgehead atoms. The molecule has 0 spiro atoms. The van der Waals surface area contributed by atoms with Gasteiger partial charge in [-0.05, 0) is 49.1 Å². The number of hydrogen-bond donors (Lipinski definition) is 0. The van der Waals surface area contributed by atoms with Crippen molar-refractivity contribution >= 4 is 60.5 Å². The maximum absolute atomic E-state index is 12.7. The van der Waals surface area contributed by atoms with Crippen LogP contribution in [0.15, 0.2) is 10.5 Å². The molecule has 0 aliphatic heterocycles. The Kier molecular flexibility index (Phi) is 8.83. The summed E-state index contributed by atoms with van der Waals surface area (Å²) in [4.78, 5) is 12.7. The van der Waals surface area contributed by atoms with Crippen LogP contribution in [0.25, 0.3) is 0 Å². The van der Waals surface area contributed by atoms with Crippen molar-refractivity contribution < 1.29 is 14.3 Å². The summed E-state index contributed by atoms with van der Waals surface area (Å²) in [6, 6.07) is 1.69. The van der Waals surface area contributed by atoms with Gasteiger partial charge in [-0.1, -0.05) is 30.9 Å². The van der Waals surface area contributed by atoms with E-state index in [1.807, 2.05) is 0 Å². The Morgan fingerprint density at radius 1 is 1.23 bits per heavy atom. The van der Waals surface area contributed by atoms with E-state index in [-0.39, 0.29) is 33.0 Å². The zero-order valence-electron chi connectivity index (χ0n) is 12.2. The van der Waals surface area contributed by atoms with Gasteiger partial charge in [-0.2, -0.15) is 0 Å². The molecule has 1 aliphatic carbocycles. The fraction of sp³-hybridized carbons (Fsp3) is 0.533. The van der Waals surface area contributed by atoms with E-state index in [9.17, 15) is 4.79 Å². The molecule has 1 aliphatic rings. The first-order valence-electron chi connectivity index (χ1n) is 6.99. The van der Waals surface area contributed by atoms with Crippen LogP contribution in [0.4, 0.5) is 0 Å². The van der Waals surface area contributed by atoms with E-state index in [0.717, 1.165) is 12.8 Å². The van der Waals surface area contributed by atoms with Gasteiger partial charge in [0, 0.05) is 0 Å². The number of halogens is 2. The van der Waals surface area contributed by atoms with E-state index in [1.54, 1.807) is 13.2 Å². The standard InChI is InChI=1S/C15H19BrClO3P.Li.H/c1-19-13-10(16)8-11(17)14(20-2)12(13)15(18)21-9-6-4-3-5-7-9;;/h8-9,21H,3-7H2,1-2H3;;. The van der Waals surface area contributed by atoms with Gasteiger partial charge in [0.05, 0.1) is 23.7 Å². The number of hydrogen-bond acceptors (Lipinski definition) is 3. The molecule has 1 unspecified atom stereocenters. The Bertz CT molecular complexity index is 508. The monoisotopic (exact) mass is 400 g/mol. The fourth-order valence-electron chi connectivity index (χ4n) is 2.69. The third-order valence-electron chi connectivity index (χ3n) is 3.72. The second-order valence-electron chi connectivity index (χ2n) is 5.09. The van der Waals surface area contributed by atoms with Gasteiger partial charge in [-0.25, -0.2) is 0 Å². The number of ether oxygens (including phenoxy) is 2. The van der Waals surface area contributed by atoms with E-state index in [0.29, 0.717) is 32.2 Å². The summed E-state index contributed by atoms with van der Waals surface area (Å²) in [6.45, 7) is 0. The van der Waals surface area contributed by atoms with Crippen LogP contribution in [-0.4, -0.2) is 44.3 Å². The summed E-state index contributed by atoms with van der Waals surface area (Å²) in [5.74, 6) is 0.912. The topological polar surface area (TPSA) is 35.5 Å². The molecular weight excluding hydrogens is 381 g/mol. The Balaban J connectivity index is 0.00000242.